The highest BCUT2D eigenvalue weighted by Gasteiger charge is 2.21. The minimum Gasteiger partial charge on any atom is -0.324 e. The van der Waals surface area contributed by atoms with Gasteiger partial charge < -0.3 is 19.2 Å². The number of nitrogens with zero attached hydrogens (tertiary/aromatic N) is 4. The Kier molecular flexibility index (Phi) is 9.79. The Bertz CT molecular complexity index is 943. The minimum atomic E-state index is -0.262. The van der Waals surface area contributed by atoms with E-state index in [9.17, 15) is 9.59 Å². The highest BCUT2D eigenvalue weighted by molar-refractivity contribution is 8.00. The van der Waals surface area contributed by atoms with Gasteiger partial charge >= 0.3 is 0 Å². The van der Waals surface area contributed by atoms with Gasteiger partial charge in [-0.15, -0.1) is 0 Å². The molecule has 2 aliphatic rings. The lowest BCUT2D eigenvalue weighted by Crippen LogP contribution is -2.32. The van der Waals surface area contributed by atoms with Crippen LogP contribution in [0, 0.1) is 0 Å². The van der Waals surface area contributed by atoms with Crippen LogP contribution in [0.3, 0.4) is 0 Å². The summed E-state index contributed by atoms with van der Waals surface area (Å²) in [7, 11) is 0. The molecule has 8 nitrogen and oxygen atoms in total. The molecule has 0 bridgehead atoms. The zero-order chi connectivity index (χ0) is 24.3. The zero-order valence-electron chi connectivity index (χ0n) is 19.2. The maximum atomic E-state index is 12.2. The van der Waals surface area contributed by atoms with Crippen LogP contribution in [0.4, 0.5) is 0 Å². The van der Waals surface area contributed by atoms with Crippen molar-refractivity contribution in [1.82, 2.24) is 19.2 Å². The van der Waals surface area contributed by atoms with E-state index in [0.717, 1.165) is 35.7 Å². The molecule has 4 rings (SSSR count). The predicted molar refractivity (Wildman–Crippen MR) is 147 cm³/mol. The molecule has 2 amide bonds. The zero-order valence-corrected chi connectivity index (χ0v) is 21.6. The molecule has 0 saturated heterocycles. The van der Waals surface area contributed by atoms with Gasteiger partial charge in [0.25, 0.3) is 0 Å². The predicted octanol–water partition coefficient (Wildman–Crippen LogP) is 2.99. The molecule has 0 aliphatic carbocycles. The highest BCUT2D eigenvalue weighted by atomic mass is 32.2. The van der Waals surface area contributed by atoms with E-state index in [4.69, 9.17) is 0 Å². The van der Waals surface area contributed by atoms with Crippen LogP contribution < -0.4 is 10.6 Å². The average Bonchev–Trinajstić information content (AvgIpc) is 3.49. The lowest BCUT2D eigenvalue weighted by Gasteiger charge is -2.17. The summed E-state index contributed by atoms with van der Waals surface area (Å²) in [5, 5.41) is 5.90. The topological polar surface area (TPSA) is 89.4 Å². The molecule has 35 heavy (non-hydrogen) atoms. The highest BCUT2D eigenvalue weighted by Crippen LogP contribution is 2.23. The lowest BCUT2D eigenvalue weighted by atomic mass is 10.1. The summed E-state index contributed by atoms with van der Waals surface area (Å²) in [5.74, 6) is 1.86. The van der Waals surface area contributed by atoms with Gasteiger partial charge in [0.2, 0.25) is 11.8 Å². The Labute approximate surface area is 218 Å². The van der Waals surface area contributed by atoms with Gasteiger partial charge in [0.1, 0.15) is 0 Å². The third kappa shape index (κ3) is 8.83. The number of hydrogen-bond donors (Lipinski definition) is 2. The molecular formula is C24H28N6O2S3. The fraction of sp³-hybridized carbons (Fsp3) is 0.333. The van der Waals surface area contributed by atoms with Gasteiger partial charge in [0, 0.05) is 48.5 Å². The molecule has 184 valence electrons. The Morgan fingerprint density at radius 1 is 0.743 bits per heavy atom. The summed E-state index contributed by atoms with van der Waals surface area (Å²) in [6, 6.07) is 19.4. The monoisotopic (exact) mass is 528 g/mol. The van der Waals surface area contributed by atoms with Crippen molar-refractivity contribution in [3.05, 3.63) is 71.8 Å². The molecule has 0 spiro atoms. The van der Waals surface area contributed by atoms with Crippen molar-refractivity contribution in [2.75, 3.05) is 24.6 Å². The van der Waals surface area contributed by atoms with Gasteiger partial charge in [0.15, 0.2) is 11.0 Å². The molecule has 2 aliphatic heterocycles. The normalized spacial score (nSPS) is 18.7. The maximum Gasteiger partial charge on any atom is 0.226 e. The lowest BCUT2D eigenvalue weighted by molar-refractivity contribution is -0.121. The summed E-state index contributed by atoms with van der Waals surface area (Å²) in [4.78, 5) is 33.2. The van der Waals surface area contributed by atoms with Gasteiger partial charge in [-0.05, 0) is 11.1 Å². The van der Waals surface area contributed by atoms with Crippen LogP contribution in [0.5, 0.6) is 0 Å². The van der Waals surface area contributed by atoms with Gasteiger partial charge in [-0.2, -0.15) is 11.8 Å². The quantitative estimate of drug-likeness (QED) is 0.323. The third-order valence-corrected chi connectivity index (χ3v) is 7.94. The SMILES string of the molecule is O=C(Cc1ccccc1)NC1N=CN(CCSCCN2C=NC(NC(=O)Cc3ccccc3)S2)S1. The van der Waals surface area contributed by atoms with E-state index in [1.807, 2.05) is 72.4 Å². The van der Waals surface area contributed by atoms with E-state index in [1.54, 1.807) is 12.7 Å². The molecule has 0 saturated carbocycles. The van der Waals surface area contributed by atoms with Crippen LogP contribution in [-0.4, -0.2) is 68.7 Å². The van der Waals surface area contributed by atoms with Crippen LogP contribution in [0.2, 0.25) is 0 Å². The van der Waals surface area contributed by atoms with Crippen LogP contribution in [-0.2, 0) is 22.4 Å². The van der Waals surface area contributed by atoms with Gasteiger partial charge in [-0.3, -0.25) is 9.59 Å². The molecule has 2 aromatic carbocycles. The van der Waals surface area contributed by atoms with E-state index in [2.05, 4.69) is 29.2 Å². The van der Waals surface area contributed by atoms with Crippen molar-refractivity contribution >= 4 is 60.1 Å². The number of hydrogen-bond acceptors (Lipinski definition) is 9. The Morgan fingerprint density at radius 3 is 1.60 bits per heavy atom. The summed E-state index contributed by atoms with van der Waals surface area (Å²) >= 11 is 4.91. The first-order chi connectivity index (χ1) is 17.1. The van der Waals surface area contributed by atoms with Gasteiger partial charge in [-0.25, -0.2) is 9.98 Å². The molecule has 2 heterocycles. The summed E-state index contributed by atoms with van der Waals surface area (Å²) < 4.78 is 4.12. The molecule has 2 aromatic rings. The second-order valence-electron chi connectivity index (χ2n) is 7.80. The second kappa shape index (κ2) is 13.5. The summed E-state index contributed by atoms with van der Waals surface area (Å²) in [6.45, 7) is 1.70. The number of carbonyl (C=O) groups is 2. The van der Waals surface area contributed by atoms with E-state index in [0.29, 0.717) is 12.8 Å². The number of thioether (sulfide) groups is 1. The summed E-state index contributed by atoms with van der Waals surface area (Å²) in [6.07, 6.45) is 4.31. The molecule has 0 aromatic heterocycles. The Hall–Kier alpha value is -2.63. The average molecular weight is 529 g/mol. The number of benzene rings is 2. The van der Waals surface area contributed by atoms with Crippen LogP contribution in [0.25, 0.3) is 0 Å². The fourth-order valence-corrected chi connectivity index (χ4v) is 6.13. The first-order valence-corrected chi connectivity index (χ1v) is 14.1. The van der Waals surface area contributed by atoms with Crippen molar-refractivity contribution in [1.29, 1.82) is 0 Å². The fourth-order valence-electron chi connectivity index (χ4n) is 3.33. The summed E-state index contributed by atoms with van der Waals surface area (Å²) in [5.41, 5.74) is 1.46. The number of rotatable bonds is 12. The Morgan fingerprint density at radius 2 is 1.17 bits per heavy atom. The number of carbonyl (C=O) groups excluding carboxylic acids is 2. The van der Waals surface area contributed by atoms with Crippen molar-refractivity contribution in [2.24, 2.45) is 9.98 Å². The first kappa shape index (κ1) is 25.5. The van der Waals surface area contributed by atoms with Crippen molar-refractivity contribution < 1.29 is 9.59 Å². The smallest absolute Gasteiger partial charge is 0.226 e. The van der Waals surface area contributed by atoms with E-state index in [-0.39, 0.29) is 22.8 Å². The standard InChI is InChI=1S/C24H28N6O2S3/c31-21(15-19-7-3-1-4-8-19)27-23-25-17-29(34-23)11-13-33-14-12-30-18-26-24(35-30)28-22(32)16-20-9-5-2-6-10-20/h1-10,17-18,23-24H,11-16H2,(H,27,31)(H,28,32). The number of nitrogens with one attached hydrogen (secondary N) is 2. The van der Waals surface area contributed by atoms with Crippen LogP contribution >= 0.6 is 35.7 Å². The van der Waals surface area contributed by atoms with Crippen molar-refractivity contribution in [2.45, 2.75) is 23.8 Å². The number of amides is 2. The van der Waals surface area contributed by atoms with Gasteiger partial charge in [-0.1, -0.05) is 60.7 Å². The first-order valence-electron chi connectivity index (χ1n) is 11.3. The molecular weight excluding hydrogens is 501 g/mol. The molecule has 11 heteroatoms. The third-order valence-electron chi connectivity index (χ3n) is 5.03. The van der Waals surface area contributed by atoms with Gasteiger partial charge in [0.05, 0.1) is 25.5 Å². The largest absolute Gasteiger partial charge is 0.324 e. The molecule has 2 N–H and O–H groups in total. The van der Waals surface area contributed by atoms with Crippen molar-refractivity contribution in [3.8, 4) is 0 Å². The molecule has 0 fully saturated rings. The second-order valence-corrected chi connectivity index (χ2v) is 11.3. The van der Waals surface area contributed by atoms with E-state index >= 15 is 0 Å². The number of aliphatic imine (C=N–C) groups is 2. The van der Waals surface area contributed by atoms with Crippen molar-refractivity contribution in [3.63, 3.8) is 0 Å². The Balaban J connectivity index is 1.03. The molecule has 2 atom stereocenters. The molecule has 2 unspecified atom stereocenters. The maximum absolute atomic E-state index is 12.2. The van der Waals surface area contributed by atoms with E-state index in [1.165, 1.54) is 23.9 Å². The minimum absolute atomic E-state index is 0.0265. The van der Waals surface area contributed by atoms with E-state index < -0.39 is 0 Å². The molecule has 0 radical (unpaired) electrons. The van der Waals surface area contributed by atoms with Crippen LogP contribution in [0.15, 0.2) is 70.6 Å². The van der Waals surface area contributed by atoms with Crippen LogP contribution in [0.1, 0.15) is 11.1 Å².